The van der Waals surface area contributed by atoms with Gasteiger partial charge in [0.25, 0.3) is 0 Å². The van der Waals surface area contributed by atoms with E-state index in [4.69, 9.17) is 14.1 Å². The molecule has 0 N–H and O–H groups in total. The Hall–Kier alpha value is -2.68. The smallest absolute Gasteiger partial charge is 0.243 e. The first-order valence-corrected chi connectivity index (χ1v) is 12.3. The SMILES string of the molecule is CCOc1ccc(S(=O)(=O)N2CCN(Cc3nc(-c4ccccc4C)oc3C)CC2)cc1. The highest BCUT2D eigenvalue weighted by Crippen LogP contribution is 2.26. The van der Waals surface area contributed by atoms with Crippen molar-refractivity contribution < 1.29 is 17.6 Å². The van der Waals surface area contributed by atoms with Crippen molar-refractivity contribution >= 4 is 10.0 Å². The van der Waals surface area contributed by atoms with E-state index in [1.807, 2.05) is 45.0 Å². The lowest BCUT2D eigenvalue weighted by Crippen LogP contribution is -2.48. The van der Waals surface area contributed by atoms with Crippen LogP contribution in [0.5, 0.6) is 5.75 Å². The first kappa shape index (κ1) is 22.5. The van der Waals surface area contributed by atoms with Crippen LogP contribution in [-0.4, -0.2) is 55.4 Å². The van der Waals surface area contributed by atoms with Crippen molar-refractivity contribution in [2.75, 3.05) is 32.8 Å². The van der Waals surface area contributed by atoms with Crippen molar-refractivity contribution in [1.82, 2.24) is 14.2 Å². The van der Waals surface area contributed by atoms with Crippen molar-refractivity contribution in [1.29, 1.82) is 0 Å². The van der Waals surface area contributed by atoms with Gasteiger partial charge in [0.15, 0.2) is 0 Å². The maximum atomic E-state index is 13.0. The molecule has 7 nitrogen and oxygen atoms in total. The van der Waals surface area contributed by atoms with Gasteiger partial charge in [0.05, 0.1) is 17.2 Å². The molecule has 0 amide bonds. The minimum Gasteiger partial charge on any atom is -0.494 e. The molecule has 0 unspecified atom stereocenters. The summed E-state index contributed by atoms with van der Waals surface area (Å²) >= 11 is 0. The maximum absolute atomic E-state index is 13.0. The van der Waals surface area contributed by atoms with Crippen LogP contribution >= 0.6 is 0 Å². The van der Waals surface area contributed by atoms with Gasteiger partial charge in [0, 0.05) is 38.3 Å². The Kier molecular flexibility index (Phi) is 6.64. The number of rotatable bonds is 7. The van der Waals surface area contributed by atoms with E-state index in [2.05, 4.69) is 4.90 Å². The molecular weight excluding hydrogens is 426 g/mol. The number of sulfonamides is 1. The molecule has 3 aromatic rings. The second kappa shape index (κ2) is 9.44. The summed E-state index contributed by atoms with van der Waals surface area (Å²) in [5.74, 6) is 2.10. The quantitative estimate of drug-likeness (QED) is 0.538. The molecule has 0 saturated carbocycles. The predicted octanol–water partition coefficient (Wildman–Crippen LogP) is 3.86. The summed E-state index contributed by atoms with van der Waals surface area (Å²) < 4.78 is 38.9. The molecule has 1 saturated heterocycles. The van der Waals surface area contributed by atoms with Gasteiger partial charge in [-0.3, -0.25) is 4.90 Å². The summed E-state index contributed by atoms with van der Waals surface area (Å²) in [4.78, 5) is 7.24. The fourth-order valence-electron chi connectivity index (χ4n) is 3.87. The molecule has 32 heavy (non-hydrogen) atoms. The zero-order chi connectivity index (χ0) is 22.7. The Morgan fingerprint density at radius 3 is 2.34 bits per heavy atom. The van der Waals surface area contributed by atoms with Crippen molar-refractivity contribution in [2.24, 2.45) is 0 Å². The second-order valence-electron chi connectivity index (χ2n) is 7.92. The summed E-state index contributed by atoms with van der Waals surface area (Å²) in [5, 5.41) is 0. The molecule has 0 spiro atoms. The van der Waals surface area contributed by atoms with Crippen LogP contribution in [0, 0.1) is 13.8 Å². The third-order valence-corrected chi connectivity index (χ3v) is 7.66. The molecule has 8 heteroatoms. The van der Waals surface area contributed by atoms with E-state index in [-0.39, 0.29) is 0 Å². The predicted molar refractivity (Wildman–Crippen MR) is 123 cm³/mol. The number of hydrogen-bond donors (Lipinski definition) is 0. The maximum Gasteiger partial charge on any atom is 0.243 e. The number of nitrogens with zero attached hydrogens (tertiary/aromatic N) is 3. The standard InChI is InChI=1S/C24H29N3O4S/c1-4-30-20-9-11-21(12-10-20)32(28,29)27-15-13-26(14-16-27)17-23-19(3)31-24(25-23)22-8-6-5-7-18(22)2/h5-12H,4,13-17H2,1-3H3. The summed E-state index contributed by atoms with van der Waals surface area (Å²) in [6, 6.07) is 14.6. The minimum absolute atomic E-state index is 0.296. The second-order valence-corrected chi connectivity index (χ2v) is 9.86. The number of ether oxygens (including phenoxy) is 1. The number of piperazine rings is 1. The van der Waals surface area contributed by atoms with Crippen LogP contribution in [0.4, 0.5) is 0 Å². The third-order valence-electron chi connectivity index (χ3n) is 5.75. The molecule has 2 aromatic carbocycles. The average Bonchev–Trinajstić information content (AvgIpc) is 3.15. The monoisotopic (exact) mass is 455 g/mol. The lowest BCUT2D eigenvalue weighted by atomic mass is 10.1. The van der Waals surface area contributed by atoms with E-state index in [1.165, 1.54) is 0 Å². The van der Waals surface area contributed by atoms with Crippen LogP contribution in [0.3, 0.4) is 0 Å². The summed E-state index contributed by atoms with van der Waals surface area (Å²) in [6.07, 6.45) is 0. The van der Waals surface area contributed by atoms with Crippen LogP contribution in [-0.2, 0) is 16.6 Å². The largest absolute Gasteiger partial charge is 0.494 e. The van der Waals surface area contributed by atoms with Gasteiger partial charge in [0.1, 0.15) is 11.5 Å². The van der Waals surface area contributed by atoms with Gasteiger partial charge in [-0.15, -0.1) is 0 Å². The van der Waals surface area contributed by atoms with E-state index in [1.54, 1.807) is 28.6 Å². The van der Waals surface area contributed by atoms with E-state index in [0.717, 1.165) is 22.6 Å². The molecule has 0 bridgehead atoms. The summed E-state index contributed by atoms with van der Waals surface area (Å²) in [5.41, 5.74) is 3.01. The highest BCUT2D eigenvalue weighted by molar-refractivity contribution is 7.89. The van der Waals surface area contributed by atoms with Crippen LogP contribution in [0.25, 0.3) is 11.5 Å². The van der Waals surface area contributed by atoms with Crippen LogP contribution in [0.2, 0.25) is 0 Å². The molecule has 0 radical (unpaired) electrons. The van der Waals surface area contributed by atoms with Crippen LogP contribution in [0.15, 0.2) is 57.8 Å². The summed E-state index contributed by atoms with van der Waals surface area (Å²) in [7, 11) is -3.52. The lowest BCUT2D eigenvalue weighted by Gasteiger charge is -2.33. The molecule has 0 atom stereocenters. The molecule has 0 aliphatic carbocycles. The topological polar surface area (TPSA) is 75.9 Å². The Morgan fingerprint density at radius 2 is 1.69 bits per heavy atom. The number of aryl methyl sites for hydroxylation is 2. The lowest BCUT2D eigenvalue weighted by molar-refractivity contribution is 0.179. The molecule has 4 rings (SSSR count). The van der Waals surface area contributed by atoms with Crippen molar-refractivity contribution in [3.05, 3.63) is 65.5 Å². The average molecular weight is 456 g/mol. The zero-order valence-electron chi connectivity index (χ0n) is 18.7. The highest BCUT2D eigenvalue weighted by atomic mass is 32.2. The molecule has 1 aliphatic rings. The molecule has 2 heterocycles. The van der Waals surface area contributed by atoms with Crippen LogP contribution < -0.4 is 4.74 Å². The number of aromatic nitrogens is 1. The number of oxazole rings is 1. The van der Waals surface area contributed by atoms with E-state index < -0.39 is 10.0 Å². The van der Waals surface area contributed by atoms with Crippen molar-refractivity contribution in [3.8, 4) is 17.2 Å². The fraction of sp³-hybridized carbons (Fsp3) is 0.375. The van der Waals surface area contributed by atoms with E-state index >= 15 is 0 Å². The number of hydrogen-bond acceptors (Lipinski definition) is 6. The molecule has 1 aromatic heterocycles. The minimum atomic E-state index is -3.52. The van der Waals surface area contributed by atoms with Gasteiger partial charge in [-0.25, -0.2) is 13.4 Å². The summed E-state index contributed by atoms with van der Waals surface area (Å²) in [6.45, 7) is 9.21. The van der Waals surface area contributed by atoms with Crippen LogP contribution in [0.1, 0.15) is 23.9 Å². The van der Waals surface area contributed by atoms with Gasteiger partial charge in [-0.1, -0.05) is 18.2 Å². The molecule has 1 fully saturated rings. The van der Waals surface area contributed by atoms with Gasteiger partial charge >= 0.3 is 0 Å². The van der Waals surface area contributed by atoms with E-state index in [0.29, 0.717) is 55.9 Å². The van der Waals surface area contributed by atoms with Gasteiger partial charge in [-0.05, 0) is 56.7 Å². The van der Waals surface area contributed by atoms with Gasteiger partial charge < -0.3 is 9.15 Å². The van der Waals surface area contributed by atoms with E-state index in [9.17, 15) is 8.42 Å². The first-order chi connectivity index (χ1) is 15.4. The zero-order valence-corrected chi connectivity index (χ0v) is 19.6. The number of benzene rings is 2. The molecular formula is C24H29N3O4S. The first-order valence-electron chi connectivity index (χ1n) is 10.9. The Morgan fingerprint density at radius 1 is 1.00 bits per heavy atom. The van der Waals surface area contributed by atoms with Gasteiger partial charge in [0.2, 0.25) is 15.9 Å². The Balaban J connectivity index is 1.39. The fourth-order valence-corrected chi connectivity index (χ4v) is 5.29. The normalized spacial score (nSPS) is 15.7. The van der Waals surface area contributed by atoms with Crippen molar-refractivity contribution in [2.45, 2.75) is 32.2 Å². The van der Waals surface area contributed by atoms with Gasteiger partial charge in [-0.2, -0.15) is 4.31 Å². The molecule has 170 valence electrons. The Labute approximate surface area is 189 Å². The highest BCUT2D eigenvalue weighted by Gasteiger charge is 2.29. The van der Waals surface area contributed by atoms with Crippen molar-refractivity contribution in [3.63, 3.8) is 0 Å². The molecule has 1 aliphatic heterocycles. The third kappa shape index (κ3) is 4.72. The Bertz CT molecular complexity index is 1160.